The summed E-state index contributed by atoms with van der Waals surface area (Å²) in [6.45, 7) is 1.77. The van der Waals surface area contributed by atoms with Gasteiger partial charge in [-0.3, -0.25) is 0 Å². The summed E-state index contributed by atoms with van der Waals surface area (Å²) in [5.74, 6) is -0.912. The molecule has 1 heterocycles. The van der Waals surface area contributed by atoms with E-state index in [2.05, 4.69) is 4.98 Å². The van der Waals surface area contributed by atoms with Gasteiger partial charge in [-0.15, -0.1) is 0 Å². The fourth-order valence-electron chi connectivity index (χ4n) is 1.30. The van der Waals surface area contributed by atoms with E-state index in [0.29, 0.717) is 10.8 Å². The van der Waals surface area contributed by atoms with Crippen LogP contribution >= 0.6 is 11.8 Å². The van der Waals surface area contributed by atoms with Crippen LogP contribution in [-0.4, -0.2) is 16.1 Å². The van der Waals surface area contributed by atoms with Crippen LogP contribution in [0.5, 0.6) is 0 Å². The molecule has 1 aromatic carbocycles. The van der Waals surface area contributed by atoms with Crippen LogP contribution in [0.2, 0.25) is 0 Å². The van der Waals surface area contributed by atoms with Gasteiger partial charge >= 0.3 is 5.97 Å². The number of hydrogen-bond acceptors (Lipinski definition) is 4. The third-order valence-corrected chi connectivity index (χ3v) is 2.91. The largest absolute Gasteiger partial charge is 0.478 e. The summed E-state index contributed by atoms with van der Waals surface area (Å²) in [5, 5.41) is 9.42. The molecule has 0 saturated heterocycles. The lowest BCUT2D eigenvalue weighted by Crippen LogP contribution is -1.98. The van der Waals surface area contributed by atoms with Crippen LogP contribution in [-0.2, 0) is 0 Å². The summed E-state index contributed by atoms with van der Waals surface area (Å²) in [6.07, 6.45) is 3.07. The molecule has 2 rings (SSSR count). The van der Waals surface area contributed by atoms with Gasteiger partial charge in [0.25, 0.3) is 5.22 Å². The summed E-state index contributed by atoms with van der Waals surface area (Å²) in [6, 6.07) is 5.13. The molecule has 2 aromatic rings. The van der Waals surface area contributed by atoms with Crippen molar-refractivity contribution in [1.82, 2.24) is 4.98 Å². The number of aryl methyl sites for hydroxylation is 1. The summed E-state index contributed by atoms with van der Waals surface area (Å²) in [4.78, 5) is 15.7. The molecule has 0 atom stereocenters. The zero-order chi connectivity index (χ0) is 11.5. The molecule has 0 fully saturated rings. The molecular weight excluding hydrogens is 226 g/mol. The van der Waals surface area contributed by atoms with Gasteiger partial charge in [-0.2, -0.15) is 0 Å². The number of nitrogens with zero attached hydrogens (tertiary/aromatic N) is 1. The highest BCUT2D eigenvalue weighted by molar-refractivity contribution is 7.99. The van der Waals surface area contributed by atoms with E-state index >= 15 is 0 Å². The zero-order valence-electron chi connectivity index (χ0n) is 8.51. The van der Waals surface area contributed by atoms with Crippen LogP contribution in [0.15, 0.2) is 45.2 Å². The first-order valence-electron chi connectivity index (χ1n) is 4.58. The lowest BCUT2D eigenvalue weighted by Gasteiger charge is -2.02. The first-order chi connectivity index (χ1) is 7.66. The summed E-state index contributed by atoms with van der Waals surface area (Å²) in [7, 11) is 0. The molecule has 0 saturated carbocycles. The zero-order valence-corrected chi connectivity index (χ0v) is 9.32. The minimum Gasteiger partial charge on any atom is -0.478 e. The number of rotatable bonds is 3. The lowest BCUT2D eigenvalue weighted by atomic mass is 10.1. The van der Waals surface area contributed by atoms with Gasteiger partial charge in [0, 0.05) is 4.90 Å². The van der Waals surface area contributed by atoms with Crippen LogP contribution in [0.4, 0.5) is 0 Å². The van der Waals surface area contributed by atoms with E-state index in [4.69, 9.17) is 9.52 Å². The Balaban J connectivity index is 2.24. The number of carboxylic acids is 1. The Morgan fingerprint density at radius 2 is 2.31 bits per heavy atom. The van der Waals surface area contributed by atoms with Crippen molar-refractivity contribution in [3.63, 3.8) is 0 Å². The van der Waals surface area contributed by atoms with Crippen molar-refractivity contribution in [1.29, 1.82) is 0 Å². The Bertz CT molecular complexity index is 508. The SMILES string of the molecule is Cc1cc(Sc2ncco2)ccc1C(=O)O. The number of aromatic nitrogens is 1. The van der Waals surface area contributed by atoms with Crippen molar-refractivity contribution in [3.8, 4) is 0 Å². The molecular formula is C11H9NO3S. The molecule has 0 spiro atoms. The van der Waals surface area contributed by atoms with Crippen LogP contribution in [0.25, 0.3) is 0 Å². The van der Waals surface area contributed by atoms with E-state index in [-0.39, 0.29) is 0 Å². The Labute approximate surface area is 96.3 Å². The smallest absolute Gasteiger partial charge is 0.335 e. The summed E-state index contributed by atoms with van der Waals surface area (Å²) >= 11 is 1.36. The minimum absolute atomic E-state index is 0.316. The Morgan fingerprint density at radius 3 is 2.88 bits per heavy atom. The second-order valence-corrected chi connectivity index (χ2v) is 4.21. The van der Waals surface area contributed by atoms with E-state index < -0.39 is 5.97 Å². The number of carboxylic acid groups (broad SMARTS) is 1. The van der Waals surface area contributed by atoms with Crippen molar-refractivity contribution in [3.05, 3.63) is 41.8 Å². The third kappa shape index (κ3) is 2.25. The number of hydrogen-bond donors (Lipinski definition) is 1. The predicted molar refractivity (Wildman–Crippen MR) is 58.8 cm³/mol. The molecule has 82 valence electrons. The van der Waals surface area contributed by atoms with Crippen molar-refractivity contribution in [2.75, 3.05) is 0 Å². The van der Waals surface area contributed by atoms with E-state index in [9.17, 15) is 4.79 Å². The number of benzene rings is 1. The van der Waals surface area contributed by atoms with Gasteiger partial charge in [-0.1, -0.05) is 0 Å². The average molecular weight is 235 g/mol. The highest BCUT2D eigenvalue weighted by Crippen LogP contribution is 2.27. The molecule has 0 amide bonds. The van der Waals surface area contributed by atoms with Crippen molar-refractivity contribution in [2.24, 2.45) is 0 Å². The van der Waals surface area contributed by atoms with Crippen molar-refractivity contribution < 1.29 is 14.3 Å². The molecule has 0 aliphatic heterocycles. The molecule has 1 N–H and O–H groups in total. The van der Waals surface area contributed by atoms with Crippen LogP contribution in [0, 0.1) is 6.92 Å². The fourth-order valence-corrected chi connectivity index (χ4v) is 2.09. The van der Waals surface area contributed by atoms with Gasteiger partial charge in [0.15, 0.2) is 0 Å². The van der Waals surface area contributed by atoms with E-state index in [1.165, 1.54) is 18.0 Å². The van der Waals surface area contributed by atoms with Crippen LogP contribution < -0.4 is 0 Å². The van der Waals surface area contributed by atoms with Crippen LogP contribution in [0.3, 0.4) is 0 Å². The Kier molecular flexibility index (Phi) is 2.96. The molecule has 16 heavy (non-hydrogen) atoms. The molecule has 0 aliphatic carbocycles. The first kappa shape index (κ1) is 10.8. The number of aromatic carboxylic acids is 1. The Hall–Kier alpha value is -1.75. The molecule has 0 aliphatic rings. The first-order valence-corrected chi connectivity index (χ1v) is 5.40. The molecule has 1 aromatic heterocycles. The fraction of sp³-hybridized carbons (Fsp3) is 0.0909. The van der Waals surface area contributed by atoms with Gasteiger partial charge in [-0.25, -0.2) is 9.78 Å². The maximum atomic E-state index is 10.8. The number of carbonyl (C=O) groups is 1. The minimum atomic E-state index is -0.912. The van der Waals surface area contributed by atoms with Gasteiger partial charge in [0.2, 0.25) is 0 Å². The lowest BCUT2D eigenvalue weighted by molar-refractivity contribution is 0.0696. The highest BCUT2D eigenvalue weighted by atomic mass is 32.2. The summed E-state index contributed by atoms with van der Waals surface area (Å²) in [5.41, 5.74) is 1.04. The van der Waals surface area contributed by atoms with Crippen molar-refractivity contribution >= 4 is 17.7 Å². The number of oxazole rings is 1. The molecule has 4 nitrogen and oxygen atoms in total. The monoisotopic (exact) mass is 235 g/mol. The van der Waals surface area contributed by atoms with Crippen molar-refractivity contribution in [2.45, 2.75) is 17.0 Å². The third-order valence-electron chi connectivity index (χ3n) is 2.04. The second-order valence-electron chi connectivity index (χ2n) is 3.18. The van der Waals surface area contributed by atoms with E-state index in [1.54, 1.807) is 31.3 Å². The molecule has 0 bridgehead atoms. The Morgan fingerprint density at radius 1 is 1.50 bits per heavy atom. The average Bonchev–Trinajstić information content (AvgIpc) is 2.70. The second kappa shape index (κ2) is 4.40. The predicted octanol–water partition coefficient (Wildman–Crippen LogP) is 2.83. The summed E-state index contributed by atoms with van der Waals surface area (Å²) < 4.78 is 5.09. The molecule has 0 radical (unpaired) electrons. The normalized spacial score (nSPS) is 10.3. The van der Waals surface area contributed by atoms with E-state index in [0.717, 1.165) is 10.5 Å². The van der Waals surface area contributed by atoms with Crippen LogP contribution in [0.1, 0.15) is 15.9 Å². The maximum Gasteiger partial charge on any atom is 0.335 e. The molecule has 5 heteroatoms. The quantitative estimate of drug-likeness (QED) is 0.886. The maximum absolute atomic E-state index is 10.8. The standard InChI is InChI=1S/C11H9NO3S/c1-7-6-8(2-3-9(7)10(13)14)16-11-12-4-5-15-11/h2-6H,1H3,(H,13,14). The highest BCUT2D eigenvalue weighted by Gasteiger charge is 2.08. The molecule has 0 unspecified atom stereocenters. The van der Waals surface area contributed by atoms with Gasteiger partial charge in [-0.05, 0) is 42.4 Å². The van der Waals surface area contributed by atoms with Gasteiger partial charge < -0.3 is 9.52 Å². The van der Waals surface area contributed by atoms with E-state index in [1.807, 2.05) is 0 Å². The van der Waals surface area contributed by atoms with Gasteiger partial charge in [0.1, 0.15) is 6.26 Å². The topological polar surface area (TPSA) is 63.3 Å². The van der Waals surface area contributed by atoms with Gasteiger partial charge in [0.05, 0.1) is 11.8 Å².